The molecular weight excluding hydrogens is 596 g/mol. The Morgan fingerprint density at radius 3 is 2.50 bits per heavy atom. The molecule has 0 bridgehead atoms. The number of aromatic hydroxyl groups is 2. The van der Waals surface area contributed by atoms with Gasteiger partial charge in [-0.2, -0.15) is 0 Å². The van der Waals surface area contributed by atoms with Crippen LogP contribution in [0.3, 0.4) is 0 Å². The fraction of sp³-hybridized carbons (Fsp3) is 0.382. The van der Waals surface area contributed by atoms with Crippen LogP contribution in [0.4, 0.5) is 5.69 Å². The van der Waals surface area contributed by atoms with Crippen molar-refractivity contribution in [1.82, 2.24) is 5.32 Å². The van der Waals surface area contributed by atoms with Crippen LogP contribution in [0.5, 0.6) is 17.2 Å². The molecule has 12 heteroatoms. The Kier molecular flexibility index (Phi) is 8.11. The van der Waals surface area contributed by atoms with Gasteiger partial charge in [0.05, 0.1) is 42.1 Å². The number of ketones is 3. The van der Waals surface area contributed by atoms with E-state index in [-0.39, 0.29) is 40.8 Å². The molecule has 1 saturated heterocycles. The zero-order valence-corrected chi connectivity index (χ0v) is 25.6. The summed E-state index contributed by atoms with van der Waals surface area (Å²) in [5.74, 6) is -3.18. The number of anilines is 1. The Morgan fingerprint density at radius 2 is 1.80 bits per heavy atom. The molecule has 7 N–H and O–H groups in total. The number of aliphatic hydroxyl groups is 2. The van der Waals surface area contributed by atoms with Crippen molar-refractivity contribution < 1.29 is 49.0 Å². The zero-order valence-electron chi connectivity index (χ0n) is 25.6. The van der Waals surface area contributed by atoms with E-state index in [9.17, 15) is 34.8 Å². The number of phenols is 2. The molecule has 3 aromatic carbocycles. The first-order chi connectivity index (χ1) is 21.8. The summed E-state index contributed by atoms with van der Waals surface area (Å²) in [4.78, 5) is 40.2. The molecule has 12 nitrogen and oxygen atoms in total. The van der Waals surface area contributed by atoms with Crippen LogP contribution in [0.25, 0.3) is 0 Å². The van der Waals surface area contributed by atoms with Crippen molar-refractivity contribution in [2.24, 2.45) is 0 Å². The Labute approximate surface area is 264 Å². The molecule has 0 saturated carbocycles. The van der Waals surface area contributed by atoms with Crippen LogP contribution in [-0.2, 0) is 27.2 Å². The minimum absolute atomic E-state index is 0.0168. The smallest absolute Gasteiger partial charge is 0.202 e. The number of nitrogens with two attached hydrogens (primary N) is 1. The minimum Gasteiger partial charge on any atom is -0.507 e. The molecule has 0 amide bonds. The third-order valence-electron chi connectivity index (χ3n) is 9.27. The highest BCUT2D eigenvalue weighted by molar-refractivity contribution is 6.31. The van der Waals surface area contributed by atoms with E-state index in [0.29, 0.717) is 12.2 Å². The second kappa shape index (κ2) is 11.8. The van der Waals surface area contributed by atoms with Crippen molar-refractivity contribution in [2.45, 2.75) is 75.9 Å². The number of Topliss-reactive ketones (excluding diaryl/α,β-unsaturated/α-hetero) is 1. The Hall–Kier alpha value is -4.33. The van der Waals surface area contributed by atoms with Crippen LogP contribution in [0.15, 0.2) is 42.5 Å². The zero-order chi connectivity index (χ0) is 33.1. The molecule has 3 aromatic rings. The summed E-state index contributed by atoms with van der Waals surface area (Å²) in [6.07, 6.45) is -4.48. The number of benzene rings is 3. The fourth-order valence-electron chi connectivity index (χ4n) is 6.78. The first kappa shape index (κ1) is 31.6. The van der Waals surface area contributed by atoms with E-state index < -0.39 is 82.6 Å². The van der Waals surface area contributed by atoms with Crippen molar-refractivity contribution >= 4 is 23.0 Å². The maximum atomic E-state index is 13.8. The molecule has 1 fully saturated rings. The average Bonchev–Trinajstić information content (AvgIpc) is 3.01. The molecule has 6 rings (SSSR count). The van der Waals surface area contributed by atoms with Crippen LogP contribution in [-0.4, -0.2) is 75.0 Å². The molecule has 2 aliphatic carbocycles. The lowest BCUT2D eigenvalue weighted by Crippen LogP contribution is -2.54. The van der Waals surface area contributed by atoms with Crippen molar-refractivity contribution in [3.8, 4) is 17.2 Å². The topological polar surface area (TPSA) is 198 Å². The highest BCUT2D eigenvalue weighted by Gasteiger charge is 2.49. The van der Waals surface area contributed by atoms with Crippen molar-refractivity contribution in [2.75, 3.05) is 12.8 Å². The first-order valence-corrected chi connectivity index (χ1v) is 15.0. The normalized spacial score (nSPS) is 27.0. The van der Waals surface area contributed by atoms with Crippen LogP contribution in [0.1, 0.15) is 81.3 Å². The molecule has 1 aliphatic heterocycles. The van der Waals surface area contributed by atoms with Gasteiger partial charge in [0.2, 0.25) is 5.78 Å². The van der Waals surface area contributed by atoms with Gasteiger partial charge >= 0.3 is 0 Å². The number of nitrogens with one attached hydrogen (secondary N) is 1. The summed E-state index contributed by atoms with van der Waals surface area (Å²) in [5, 5.41) is 48.9. The van der Waals surface area contributed by atoms with E-state index in [1.165, 1.54) is 32.2 Å². The number of hydrogen-bond acceptors (Lipinski definition) is 12. The minimum atomic E-state index is -2.02. The van der Waals surface area contributed by atoms with Crippen LogP contribution in [0, 0.1) is 0 Å². The number of fused-ring (bicyclic) bond motifs is 3. The number of hydrogen-bond donors (Lipinski definition) is 6. The Morgan fingerprint density at radius 1 is 1.09 bits per heavy atom. The van der Waals surface area contributed by atoms with E-state index >= 15 is 0 Å². The van der Waals surface area contributed by atoms with E-state index in [2.05, 4.69) is 5.32 Å². The number of carbonyl (C=O) groups is 3. The van der Waals surface area contributed by atoms with Gasteiger partial charge in [0.1, 0.15) is 22.8 Å². The SMILES string of the molecule is COc1cccc2c1C(=O)c1c(O)c3c(c(O)c1C2=O)C[C@@](O)(C(C)=O)C[C@@H]3O[C@H]1C[C@H](NCc2cccc(N)c2)[C@H](O)[C@H](C)O1. The van der Waals surface area contributed by atoms with E-state index in [1.807, 2.05) is 18.2 Å². The number of nitrogen functional groups attached to an aromatic ring is 1. The van der Waals surface area contributed by atoms with Crippen LogP contribution < -0.4 is 15.8 Å². The third-order valence-corrected chi connectivity index (χ3v) is 9.27. The molecule has 6 atom stereocenters. The third kappa shape index (κ3) is 5.21. The van der Waals surface area contributed by atoms with E-state index in [1.54, 1.807) is 13.0 Å². The maximum Gasteiger partial charge on any atom is 0.202 e. The largest absolute Gasteiger partial charge is 0.507 e. The molecule has 46 heavy (non-hydrogen) atoms. The molecule has 0 unspecified atom stereocenters. The van der Waals surface area contributed by atoms with Gasteiger partial charge in [-0.1, -0.05) is 24.3 Å². The second-order valence-corrected chi connectivity index (χ2v) is 12.2. The van der Waals surface area contributed by atoms with E-state index in [0.717, 1.165) is 5.56 Å². The second-order valence-electron chi connectivity index (χ2n) is 12.2. The lowest BCUT2D eigenvalue weighted by atomic mass is 9.72. The van der Waals surface area contributed by atoms with Gasteiger partial charge in [0, 0.05) is 54.2 Å². The predicted octanol–water partition coefficient (Wildman–Crippen LogP) is 2.44. The molecule has 0 aromatic heterocycles. The summed E-state index contributed by atoms with van der Waals surface area (Å²) in [6, 6.07) is 11.3. The number of phenolic OH excluding ortho intramolecular Hbond substituents is 2. The van der Waals surface area contributed by atoms with Gasteiger partial charge < -0.3 is 45.7 Å². The standard InChI is InChI=1S/C34H36N2O10/c1-15-29(38)21(36-14-17-6-4-7-18(35)10-17)11-24(45-15)46-23-13-34(43,16(2)37)12-20-26(23)33(42)28-27(31(20)40)30(39)19-8-5-9-22(44-3)25(19)32(28)41/h4-10,15,21,23-24,29,36,38,40,42-43H,11-14,35H2,1-3H3/t15-,21-,23-,24-,29+,34-/m0/s1. The number of methoxy groups -OCH3 is 1. The molecule has 0 spiro atoms. The summed E-state index contributed by atoms with van der Waals surface area (Å²) >= 11 is 0. The fourth-order valence-corrected chi connectivity index (χ4v) is 6.78. The highest BCUT2D eigenvalue weighted by atomic mass is 16.7. The molecule has 242 valence electrons. The summed E-state index contributed by atoms with van der Waals surface area (Å²) < 4.78 is 17.6. The summed E-state index contributed by atoms with van der Waals surface area (Å²) in [7, 11) is 1.35. The molecule has 0 radical (unpaired) electrons. The van der Waals surface area contributed by atoms with Gasteiger partial charge in [-0.3, -0.25) is 14.4 Å². The monoisotopic (exact) mass is 632 g/mol. The summed E-state index contributed by atoms with van der Waals surface area (Å²) in [6.45, 7) is 3.26. The summed E-state index contributed by atoms with van der Waals surface area (Å²) in [5.41, 5.74) is 4.34. The molecule has 3 aliphatic rings. The van der Waals surface area contributed by atoms with Crippen molar-refractivity contribution in [3.05, 3.63) is 81.4 Å². The van der Waals surface area contributed by atoms with Crippen molar-refractivity contribution in [3.63, 3.8) is 0 Å². The molecule has 1 heterocycles. The lowest BCUT2D eigenvalue weighted by Gasteiger charge is -2.43. The Bertz CT molecular complexity index is 1760. The quantitative estimate of drug-likeness (QED) is 0.129. The van der Waals surface area contributed by atoms with Crippen LogP contribution in [0.2, 0.25) is 0 Å². The van der Waals surface area contributed by atoms with E-state index in [4.69, 9.17) is 19.9 Å². The molecular formula is C34H36N2O10. The van der Waals surface area contributed by atoms with Crippen LogP contribution >= 0.6 is 0 Å². The number of aliphatic hydroxyl groups excluding tert-OH is 1. The average molecular weight is 633 g/mol. The Balaban J connectivity index is 1.38. The number of ether oxygens (including phenoxy) is 3. The van der Waals surface area contributed by atoms with Gasteiger partial charge in [-0.25, -0.2) is 0 Å². The maximum absolute atomic E-state index is 13.8. The number of rotatable bonds is 7. The van der Waals surface area contributed by atoms with Gasteiger partial charge in [-0.05, 0) is 37.6 Å². The lowest BCUT2D eigenvalue weighted by molar-refractivity contribution is -0.249. The van der Waals surface area contributed by atoms with Gasteiger partial charge in [0.25, 0.3) is 0 Å². The van der Waals surface area contributed by atoms with Crippen molar-refractivity contribution in [1.29, 1.82) is 0 Å². The number of carbonyl (C=O) groups excluding carboxylic acids is 3. The van der Waals surface area contributed by atoms with Gasteiger partial charge in [0.15, 0.2) is 17.9 Å². The van der Waals surface area contributed by atoms with Gasteiger partial charge in [-0.15, -0.1) is 0 Å². The first-order valence-electron chi connectivity index (χ1n) is 15.0. The highest BCUT2D eigenvalue weighted by Crippen LogP contribution is 2.52. The predicted molar refractivity (Wildman–Crippen MR) is 164 cm³/mol.